The van der Waals surface area contributed by atoms with Gasteiger partial charge in [-0.3, -0.25) is 0 Å². The molecule has 1 unspecified atom stereocenters. The van der Waals surface area contributed by atoms with E-state index in [1.54, 1.807) is 0 Å². The molecule has 0 bridgehead atoms. The second kappa shape index (κ2) is 6.58. The van der Waals surface area contributed by atoms with Crippen LogP contribution < -0.4 is 5.32 Å². The van der Waals surface area contributed by atoms with E-state index in [2.05, 4.69) is 31.1 Å². The molecule has 1 heterocycles. The molecule has 3 nitrogen and oxygen atoms in total. The molecule has 0 spiro atoms. The molecule has 1 fully saturated rings. The van der Waals surface area contributed by atoms with E-state index in [9.17, 15) is 0 Å². The Balaban J connectivity index is 2.10. The summed E-state index contributed by atoms with van der Waals surface area (Å²) in [5.74, 6) is 0. The van der Waals surface area contributed by atoms with E-state index in [4.69, 9.17) is 5.11 Å². The monoisotopic (exact) mass is 228 g/mol. The molecule has 0 aromatic rings. The third kappa shape index (κ3) is 4.81. The van der Waals surface area contributed by atoms with E-state index < -0.39 is 0 Å². The first-order valence-electron chi connectivity index (χ1n) is 6.57. The number of nitrogens with zero attached hydrogens (tertiary/aromatic N) is 1. The van der Waals surface area contributed by atoms with Gasteiger partial charge in [-0.2, -0.15) is 0 Å². The quantitative estimate of drug-likeness (QED) is 0.676. The lowest BCUT2D eigenvalue weighted by atomic mass is 9.94. The van der Waals surface area contributed by atoms with E-state index in [1.807, 2.05) is 0 Å². The van der Waals surface area contributed by atoms with Crippen LogP contribution in [-0.4, -0.2) is 49.3 Å². The molecule has 1 rings (SSSR count). The van der Waals surface area contributed by atoms with Gasteiger partial charge in [-0.05, 0) is 39.4 Å². The Labute approximate surface area is 100 Å². The second-order valence-corrected chi connectivity index (χ2v) is 5.92. The minimum absolute atomic E-state index is 0.0124. The maximum absolute atomic E-state index is 9.14. The minimum Gasteiger partial charge on any atom is -0.396 e. The van der Waals surface area contributed by atoms with Crippen molar-refractivity contribution in [2.24, 2.45) is 5.41 Å². The Kier molecular flexibility index (Phi) is 5.73. The zero-order valence-corrected chi connectivity index (χ0v) is 11.1. The fraction of sp³-hybridized carbons (Fsp3) is 1.00. The van der Waals surface area contributed by atoms with Crippen LogP contribution in [0.25, 0.3) is 0 Å². The molecule has 1 saturated heterocycles. The summed E-state index contributed by atoms with van der Waals surface area (Å²) < 4.78 is 0. The molecule has 96 valence electrons. The van der Waals surface area contributed by atoms with Gasteiger partial charge in [0.25, 0.3) is 0 Å². The van der Waals surface area contributed by atoms with Crippen molar-refractivity contribution in [1.29, 1.82) is 0 Å². The van der Waals surface area contributed by atoms with E-state index >= 15 is 0 Å². The third-order valence-electron chi connectivity index (χ3n) is 3.61. The van der Waals surface area contributed by atoms with Crippen molar-refractivity contribution in [1.82, 2.24) is 10.2 Å². The van der Waals surface area contributed by atoms with Crippen LogP contribution >= 0.6 is 0 Å². The van der Waals surface area contributed by atoms with Gasteiger partial charge >= 0.3 is 0 Å². The molecule has 2 N–H and O–H groups in total. The smallest absolute Gasteiger partial charge is 0.0494 e. The molecule has 16 heavy (non-hydrogen) atoms. The number of aliphatic hydroxyl groups is 1. The molecular weight excluding hydrogens is 200 g/mol. The number of piperidine rings is 1. The minimum atomic E-state index is 0.0124. The Hall–Kier alpha value is -0.120. The molecule has 0 saturated carbocycles. The van der Waals surface area contributed by atoms with Crippen LogP contribution in [0.4, 0.5) is 0 Å². The number of aliphatic hydroxyl groups excluding tert-OH is 1. The average Bonchev–Trinajstić information content (AvgIpc) is 2.27. The van der Waals surface area contributed by atoms with Crippen LogP contribution in [0, 0.1) is 5.41 Å². The highest BCUT2D eigenvalue weighted by molar-refractivity contribution is 4.76. The fourth-order valence-electron chi connectivity index (χ4n) is 2.26. The van der Waals surface area contributed by atoms with Crippen molar-refractivity contribution in [2.45, 2.75) is 45.6 Å². The summed E-state index contributed by atoms with van der Waals surface area (Å²) in [6.45, 7) is 7.66. The average molecular weight is 228 g/mol. The Morgan fingerprint density at radius 2 is 2.12 bits per heavy atom. The van der Waals surface area contributed by atoms with Gasteiger partial charge < -0.3 is 15.3 Å². The van der Waals surface area contributed by atoms with E-state index in [-0.39, 0.29) is 12.0 Å². The fourth-order valence-corrected chi connectivity index (χ4v) is 2.26. The first kappa shape index (κ1) is 13.9. The topological polar surface area (TPSA) is 35.5 Å². The van der Waals surface area contributed by atoms with Crippen LogP contribution in [0.3, 0.4) is 0 Å². The highest BCUT2D eigenvalue weighted by Gasteiger charge is 2.19. The van der Waals surface area contributed by atoms with Gasteiger partial charge in [-0.15, -0.1) is 0 Å². The molecule has 3 heteroatoms. The van der Waals surface area contributed by atoms with Crippen molar-refractivity contribution < 1.29 is 5.11 Å². The van der Waals surface area contributed by atoms with Gasteiger partial charge in [0, 0.05) is 24.6 Å². The summed E-state index contributed by atoms with van der Waals surface area (Å²) in [5, 5.41) is 12.6. The van der Waals surface area contributed by atoms with Crippen LogP contribution in [0.15, 0.2) is 0 Å². The third-order valence-corrected chi connectivity index (χ3v) is 3.61. The number of hydrogen-bond donors (Lipinski definition) is 2. The van der Waals surface area contributed by atoms with E-state index in [0.29, 0.717) is 0 Å². The summed E-state index contributed by atoms with van der Waals surface area (Å²) in [4.78, 5) is 2.49. The van der Waals surface area contributed by atoms with Crippen molar-refractivity contribution in [3.63, 3.8) is 0 Å². The highest BCUT2D eigenvalue weighted by atomic mass is 16.3. The predicted molar refractivity (Wildman–Crippen MR) is 68.6 cm³/mol. The summed E-state index contributed by atoms with van der Waals surface area (Å²) in [5.41, 5.74) is 0.0124. The summed E-state index contributed by atoms with van der Waals surface area (Å²) in [7, 11) is 2.24. The van der Waals surface area contributed by atoms with Crippen molar-refractivity contribution >= 4 is 0 Å². The standard InChI is InChI=1S/C13H28N2O/c1-13(2,11-16)10-14-8-7-12-6-4-5-9-15(12)3/h12,14,16H,4-11H2,1-3H3. The maximum Gasteiger partial charge on any atom is 0.0494 e. The lowest BCUT2D eigenvalue weighted by molar-refractivity contribution is 0.150. The maximum atomic E-state index is 9.14. The van der Waals surface area contributed by atoms with Crippen LogP contribution in [-0.2, 0) is 0 Å². The van der Waals surface area contributed by atoms with Crippen LogP contribution in [0.1, 0.15) is 39.5 Å². The lowest BCUT2D eigenvalue weighted by Gasteiger charge is -2.33. The van der Waals surface area contributed by atoms with Gasteiger partial charge in [0.05, 0.1) is 0 Å². The number of nitrogens with one attached hydrogen (secondary N) is 1. The van der Waals surface area contributed by atoms with Crippen molar-refractivity contribution in [2.75, 3.05) is 33.3 Å². The number of rotatable bonds is 6. The Morgan fingerprint density at radius 3 is 2.75 bits per heavy atom. The van der Waals surface area contributed by atoms with Gasteiger partial charge in [0.15, 0.2) is 0 Å². The normalized spacial score (nSPS) is 23.6. The molecule has 1 aliphatic heterocycles. The largest absolute Gasteiger partial charge is 0.396 e. The zero-order chi connectivity index (χ0) is 12.0. The second-order valence-electron chi connectivity index (χ2n) is 5.92. The number of likely N-dealkylation sites (tertiary alicyclic amines) is 1. The van der Waals surface area contributed by atoms with Crippen molar-refractivity contribution in [3.8, 4) is 0 Å². The Morgan fingerprint density at radius 1 is 1.38 bits per heavy atom. The Bertz CT molecular complexity index is 194. The first-order valence-corrected chi connectivity index (χ1v) is 6.57. The number of hydrogen-bond acceptors (Lipinski definition) is 3. The van der Waals surface area contributed by atoms with Crippen LogP contribution in [0.5, 0.6) is 0 Å². The van der Waals surface area contributed by atoms with E-state index in [1.165, 1.54) is 32.2 Å². The van der Waals surface area contributed by atoms with Gasteiger partial charge in [0.2, 0.25) is 0 Å². The molecule has 0 aromatic heterocycles. The van der Waals surface area contributed by atoms with Gasteiger partial charge in [0.1, 0.15) is 0 Å². The predicted octanol–water partition coefficient (Wildman–Crippen LogP) is 1.47. The SMILES string of the molecule is CN1CCCCC1CCNCC(C)(C)CO. The first-order chi connectivity index (χ1) is 7.55. The summed E-state index contributed by atoms with van der Waals surface area (Å²) >= 11 is 0. The lowest BCUT2D eigenvalue weighted by Crippen LogP contribution is -2.39. The molecule has 0 aliphatic carbocycles. The molecular formula is C13H28N2O. The molecule has 1 atom stereocenters. The van der Waals surface area contributed by atoms with Gasteiger partial charge in [-0.25, -0.2) is 0 Å². The molecule has 0 radical (unpaired) electrons. The van der Waals surface area contributed by atoms with Gasteiger partial charge in [-0.1, -0.05) is 20.3 Å². The summed E-state index contributed by atoms with van der Waals surface area (Å²) in [6.07, 6.45) is 5.33. The summed E-state index contributed by atoms with van der Waals surface area (Å²) in [6, 6.07) is 0.762. The molecule has 0 amide bonds. The highest BCUT2D eigenvalue weighted by Crippen LogP contribution is 2.17. The molecule has 1 aliphatic rings. The van der Waals surface area contributed by atoms with Crippen molar-refractivity contribution in [3.05, 3.63) is 0 Å². The zero-order valence-electron chi connectivity index (χ0n) is 11.1. The van der Waals surface area contributed by atoms with Crippen LogP contribution in [0.2, 0.25) is 0 Å². The van der Waals surface area contributed by atoms with E-state index in [0.717, 1.165) is 19.1 Å². The molecule has 0 aromatic carbocycles.